The molecule has 0 amide bonds. The van der Waals surface area contributed by atoms with Gasteiger partial charge in [0.15, 0.2) is 6.10 Å². The molecule has 0 saturated heterocycles. The number of nitrogens with one attached hydrogen (secondary N) is 1. The van der Waals surface area contributed by atoms with Crippen molar-refractivity contribution in [3.8, 4) is 0 Å². The number of hydrogen-bond donors (Lipinski definition) is 2. The standard InChI is InChI=1S/C9H8ClF4NO3S/c10-6-3-5(11)1-2-7(6)19(17,18)15-4-8(16)9(12,13)14/h1-3,8,15-16H,4H2. The number of rotatable bonds is 4. The summed E-state index contributed by atoms with van der Waals surface area (Å²) < 4.78 is 73.4. The minimum absolute atomic E-state index is 0.478. The van der Waals surface area contributed by atoms with E-state index in [4.69, 9.17) is 16.7 Å². The summed E-state index contributed by atoms with van der Waals surface area (Å²) in [7, 11) is -4.37. The summed E-state index contributed by atoms with van der Waals surface area (Å²) in [5.74, 6) is -0.792. The van der Waals surface area contributed by atoms with E-state index in [-0.39, 0.29) is 0 Å². The number of halogens is 5. The lowest BCUT2D eigenvalue weighted by Crippen LogP contribution is -2.40. The summed E-state index contributed by atoms with van der Waals surface area (Å²) in [5, 5.41) is 8.19. The highest BCUT2D eigenvalue weighted by atomic mass is 35.5. The minimum atomic E-state index is -4.95. The molecule has 1 unspecified atom stereocenters. The maximum Gasteiger partial charge on any atom is 0.415 e. The highest BCUT2D eigenvalue weighted by Crippen LogP contribution is 2.23. The molecule has 1 aromatic carbocycles. The van der Waals surface area contributed by atoms with Crippen molar-refractivity contribution in [2.45, 2.75) is 17.2 Å². The molecule has 1 atom stereocenters. The van der Waals surface area contributed by atoms with Crippen LogP contribution in [0.15, 0.2) is 23.1 Å². The molecule has 0 spiro atoms. The molecule has 0 radical (unpaired) electrons. The van der Waals surface area contributed by atoms with E-state index in [2.05, 4.69) is 0 Å². The molecule has 1 rings (SSSR count). The first-order valence-electron chi connectivity index (χ1n) is 4.73. The van der Waals surface area contributed by atoms with Crippen molar-refractivity contribution in [2.75, 3.05) is 6.54 Å². The molecule has 0 heterocycles. The topological polar surface area (TPSA) is 66.4 Å². The number of aliphatic hydroxyl groups excluding tert-OH is 1. The van der Waals surface area contributed by atoms with Crippen LogP contribution in [-0.2, 0) is 10.0 Å². The van der Waals surface area contributed by atoms with Crippen molar-refractivity contribution < 1.29 is 31.1 Å². The Morgan fingerprint density at radius 2 is 1.95 bits per heavy atom. The van der Waals surface area contributed by atoms with Gasteiger partial charge in [-0.2, -0.15) is 13.2 Å². The van der Waals surface area contributed by atoms with Gasteiger partial charge in [-0.3, -0.25) is 0 Å². The van der Waals surface area contributed by atoms with Crippen LogP contribution in [0.3, 0.4) is 0 Å². The van der Waals surface area contributed by atoms with Crippen molar-refractivity contribution in [1.29, 1.82) is 0 Å². The highest BCUT2D eigenvalue weighted by molar-refractivity contribution is 7.89. The summed E-state index contributed by atoms with van der Waals surface area (Å²) in [6.45, 7) is -1.26. The fraction of sp³-hybridized carbons (Fsp3) is 0.333. The first kappa shape index (κ1) is 16.2. The molecule has 0 aromatic heterocycles. The molecule has 10 heteroatoms. The Morgan fingerprint density at radius 3 is 2.42 bits per heavy atom. The zero-order chi connectivity index (χ0) is 14.8. The molecule has 0 saturated carbocycles. The molecule has 19 heavy (non-hydrogen) atoms. The molecule has 0 bridgehead atoms. The van der Waals surface area contributed by atoms with E-state index in [0.29, 0.717) is 6.07 Å². The molecular weight excluding hydrogens is 314 g/mol. The Bertz CT molecular complexity index is 561. The molecule has 0 aliphatic carbocycles. The molecule has 1 aromatic rings. The van der Waals surface area contributed by atoms with Gasteiger partial charge in [0.2, 0.25) is 10.0 Å². The van der Waals surface area contributed by atoms with Crippen LogP contribution in [0, 0.1) is 5.82 Å². The number of benzene rings is 1. The zero-order valence-corrected chi connectivity index (χ0v) is 10.7. The summed E-state index contributed by atoms with van der Waals surface area (Å²) in [6, 6.07) is 2.30. The van der Waals surface area contributed by atoms with Gasteiger partial charge in [0.05, 0.1) is 5.02 Å². The quantitative estimate of drug-likeness (QED) is 0.829. The van der Waals surface area contributed by atoms with E-state index < -0.39 is 44.6 Å². The predicted molar refractivity (Wildman–Crippen MR) is 58.7 cm³/mol. The average Bonchev–Trinajstić information content (AvgIpc) is 2.24. The fourth-order valence-corrected chi connectivity index (χ4v) is 2.64. The van der Waals surface area contributed by atoms with Gasteiger partial charge in [-0.05, 0) is 18.2 Å². The van der Waals surface area contributed by atoms with Gasteiger partial charge in [0, 0.05) is 6.54 Å². The van der Waals surface area contributed by atoms with E-state index in [1.54, 1.807) is 0 Å². The Kier molecular flexibility index (Phi) is 4.77. The third-order valence-corrected chi connectivity index (χ3v) is 3.93. The summed E-state index contributed by atoms with van der Waals surface area (Å²) in [5.41, 5.74) is 0. The Morgan fingerprint density at radius 1 is 1.37 bits per heavy atom. The van der Waals surface area contributed by atoms with Crippen molar-refractivity contribution in [3.63, 3.8) is 0 Å². The lowest BCUT2D eigenvalue weighted by atomic mass is 10.3. The average molecular weight is 322 g/mol. The van der Waals surface area contributed by atoms with Gasteiger partial charge < -0.3 is 5.11 Å². The molecule has 4 nitrogen and oxygen atoms in total. The van der Waals surface area contributed by atoms with Crippen LogP contribution < -0.4 is 4.72 Å². The van der Waals surface area contributed by atoms with Crippen LogP contribution in [-0.4, -0.2) is 32.3 Å². The molecule has 0 aliphatic rings. The predicted octanol–water partition coefficient (Wildman–Crippen LogP) is 1.68. The van der Waals surface area contributed by atoms with E-state index in [0.717, 1.165) is 12.1 Å². The van der Waals surface area contributed by atoms with E-state index in [1.165, 1.54) is 4.72 Å². The van der Waals surface area contributed by atoms with Gasteiger partial charge in [-0.15, -0.1) is 0 Å². The second-order valence-corrected chi connectivity index (χ2v) is 5.63. The number of alkyl halides is 3. The fourth-order valence-electron chi connectivity index (χ4n) is 1.08. The normalized spacial score (nSPS) is 14.4. The van der Waals surface area contributed by atoms with Gasteiger partial charge in [-0.25, -0.2) is 17.5 Å². The van der Waals surface area contributed by atoms with Crippen LogP contribution in [0.2, 0.25) is 5.02 Å². The van der Waals surface area contributed by atoms with Crippen LogP contribution in [0.5, 0.6) is 0 Å². The second kappa shape index (κ2) is 5.61. The third kappa shape index (κ3) is 4.30. The molecule has 108 valence electrons. The highest BCUT2D eigenvalue weighted by Gasteiger charge is 2.38. The number of sulfonamides is 1. The first-order valence-corrected chi connectivity index (χ1v) is 6.59. The number of aliphatic hydroxyl groups is 1. The molecule has 2 N–H and O–H groups in total. The Balaban J connectivity index is 2.88. The lowest BCUT2D eigenvalue weighted by molar-refractivity contribution is -0.200. The molecular formula is C9H8ClF4NO3S. The molecule has 0 fully saturated rings. The van der Waals surface area contributed by atoms with Gasteiger partial charge in [0.25, 0.3) is 0 Å². The largest absolute Gasteiger partial charge is 0.415 e. The second-order valence-electron chi connectivity index (χ2n) is 3.48. The van der Waals surface area contributed by atoms with Crippen LogP contribution in [0.25, 0.3) is 0 Å². The smallest absolute Gasteiger partial charge is 0.382 e. The number of hydrogen-bond acceptors (Lipinski definition) is 3. The third-order valence-electron chi connectivity index (χ3n) is 2.03. The van der Waals surface area contributed by atoms with Gasteiger partial charge in [0.1, 0.15) is 10.7 Å². The minimum Gasteiger partial charge on any atom is -0.382 e. The molecule has 0 aliphatic heterocycles. The summed E-state index contributed by atoms with van der Waals surface area (Å²) in [4.78, 5) is -0.579. The van der Waals surface area contributed by atoms with Crippen molar-refractivity contribution in [1.82, 2.24) is 4.72 Å². The SMILES string of the molecule is O=S(=O)(NCC(O)C(F)(F)F)c1ccc(F)cc1Cl. The van der Waals surface area contributed by atoms with E-state index in [9.17, 15) is 26.0 Å². The van der Waals surface area contributed by atoms with Gasteiger partial charge >= 0.3 is 6.18 Å². The van der Waals surface area contributed by atoms with E-state index >= 15 is 0 Å². The van der Waals surface area contributed by atoms with Crippen molar-refractivity contribution >= 4 is 21.6 Å². The Labute approximate surface area is 111 Å². The Hall–Kier alpha value is -0.900. The monoisotopic (exact) mass is 321 g/mol. The van der Waals surface area contributed by atoms with Crippen LogP contribution >= 0.6 is 11.6 Å². The van der Waals surface area contributed by atoms with Crippen LogP contribution in [0.4, 0.5) is 17.6 Å². The summed E-state index contributed by atoms with van der Waals surface area (Å²) >= 11 is 5.48. The van der Waals surface area contributed by atoms with Crippen molar-refractivity contribution in [3.05, 3.63) is 29.0 Å². The lowest BCUT2D eigenvalue weighted by Gasteiger charge is -2.15. The van der Waals surface area contributed by atoms with Crippen molar-refractivity contribution in [2.24, 2.45) is 0 Å². The maximum absolute atomic E-state index is 12.7. The maximum atomic E-state index is 12.7. The van der Waals surface area contributed by atoms with Gasteiger partial charge in [-0.1, -0.05) is 11.6 Å². The zero-order valence-electron chi connectivity index (χ0n) is 9.08. The summed E-state index contributed by atoms with van der Waals surface area (Å²) in [6.07, 6.45) is -7.80. The first-order chi connectivity index (χ1) is 8.54. The van der Waals surface area contributed by atoms with Crippen LogP contribution in [0.1, 0.15) is 0 Å². The van der Waals surface area contributed by atoms with E-state index in [1.807, 2.05) is 0 Å².